The van der Waals surface area contributed by atoms with Crippen molar-refractivity contribution in [3.63, 3.8) is 0 Å². The first-order valence-electron chi connectivity index (χ1n) is 6.95. The number of nitro benzene ring substituents is 1. The molecule has 0 radical (unpaired) electrons. The minimum Gasteiger partial charge on any atom is -0.506 e. The van der Waals surface area contributed by atoms with E-state index >= 15 is 0 Å². The summed E-state index contributed by atoms with van der Waals surface area (Å²) in [5.41, 5.74) is 2.40. The van der Waals surface area contributed by atoms with Crippen LogP contribution in [-0.4, -0.2) is 21.0 Å². The fourth-order valence-electron chi connectivity index (χ4n) is 1.96. The highest BCUT2D eigenvalue weighted by Crippen LogP contribution is 2.26. The zero-order valence-electron chi connectivity index (χ0n) is 13.0. The molecule has 2 rings (SSSR count). The van der Waals surface area contributed by atoms with Crippen LogP contribution in [0.2, 0.25) is 0 Å². The van der Waals surface area contributed by atoms with Crippen molar-refractivity contribution in [3.05, 3.63) is 63.2 Å². The summed E-state index contributed by atoms with van der Waals surface area (Å²) >= 11 is 5.05. The molecule has 0 saturated heterocycles. The highest BCUT2D eigenvalue weighted by molar-refractivity contribution is 7.80. The largest absolute Gasteiger partial charge is 0.506 e. The third-order valence-electron chi connectivity index (χ3n) is 3.43. The molecule has 0 bridgehead atoms. The zero-order valence-corrected chi connectivity index (χ0v) is 13.8. The molecule has 0 atom stereocenters. The number of nitrogens with zero attached hydrogens (tertiary/aromatic N) is 1. The first kappa shape index (κ1) is 17.4. The summed E-state index contributed by atoms with van der Waals surface area (Å²) in [6.07, 6.45) is 0. The monoisotopic (exact) mass is 345 g/mol. The molecule has 0 aromatic heterocycles. The number of non-ortho nitro benzene ring substituents is 1. The molecule has 24 heavy (non-hydrogen) atoms. The molecule has 7 nitrogen and oxygen atoms in total. The third kappa shape index (κ3) is 4.05. The number of rotatable bonds is 3. The van der Waals surface area contributed by atoms with E-state index in [4.69, 9.17) is 12.2 Å². The number of aryl methyl sites for hydroxylation is 2. The van der Waals surface area contributed by atoms with E-state index in [1.807, 2.05) is 13.8 Å². The van der Waals surface area contributed by atoms with Gasteiger partial charge >= 0.3 is 0 Å². The minimum atomic E-state index is -0.545. The Morgan fingerprint density at radius 3 is 2.33 bits per heavy atom. The zero-order chi connectivity index (χ0) is 17.9. The molecule has 2 aromatic rings. The molecule has 0 saturated carbocycles. The van der Waals surface area contributed by atoms with Crippen molar-refractivity contribution in [2.45, 2.75) is 13.8 Å². The van der Waals surface area contributed by atoms with Crippen molar-refractivity contribution in [2.75, 3.05) is 5.32 Å². The van der Waals surface area contributed by atoms with Crippen LogP contribution in [0, 0.1) is 24.0 Å². The van der Waals surface area contributed by atoms with Gasteiger partial charge in [0.25, 0.3) is 11.6 Å². The molecule has 3 N–H and O–H groups in total. The molecule has 124 valence electrons. The van der Waals surface area contributed by atoms with Crippen LogP contribution in [0.3, 0.4) is 0 Å². The van der Waals surface area contributed by atoms with Gasteiger partial charge in [-0.2, -0.15) is 0 Å². The molecule has 0 spiro atoms. The van der Waals surface area contributed by atoms with Crippen molar-refractivity contribution in [2.24, 2.45) is 0 Å². The van der Waals surface area contributed by atoms with Gasteiger partial charge < -0.3 is 10.4 Å². The van der Waals surface area contributed by atoms with Crippen molar-refractivity contribution >= 4 is 34.6 Å². The summed E-state index contributed by atoms with van der Waals surface area (Å²) < 4.78 is 0. The van der Waals surface area contributed by atoms with E-state index in [1.165, 1.54) is 24.3 Å². The Hall–Kier alpha value is -3.00. The molecule has 0 unspecified atom stereocenters. The van der Waals surface area contributed by atoms with Crippen molar-refractivity contribution in [1.29, 1.82) is 0 Å². The van der Waals surface area contributed by atoms with Crippen molar-refractivity contribution in [3.8, 4) is 5.75 Å². The van der Waals surface area contributed by atoms with E-state index in [1.54, 1.807) is 12.1 Å². The van der Waals surface area contributed by atoms with Crippen LogP contribution >= 0.6 is 12.2 Å². The maximum atomic E-state index is 12.1. The Balaban J connectivity index is 2.05. The van der Waals surface area contributed by atoms with Gasteiger partial charge in [-0.3, -0.25) is 20.2 Å². The number of anilines is 1. The lowest BCUT2D eigenvalue weighted by molar-refractivity contribution is -0.384. The minimum absolute atomic E-state index is 0.0110. The van der Waals surface area contributed by atoms with Crippen LogP contribution < -0.4 is 10.6 Å². The predicted octanol–water partition coefficient (Wildman–Crippen LogP) is 3.04. The van der Waals surface area contributed by atoms with Gasteiger partial charge in [0.2, 0.25) is 0 Å². The summed E-state index contributed by atoms with van der Waals surface area (Å²) in [6, 6.07) is 8.46. The standard InChI is InChI=1S/C16H15N3O4S/c1-9-7-13(14(20)8-10(9)2)17-16(24)18-15(21)11-3-5-12(6-4-11)19(22)23/h3-8,20H,1-2H3,(H2,17,18,21,24). The van der Waals surface area contributed by atoms with Crippen LogP contribution in [-0.2, 0) is 0 Å². The molecule has 0 fully saturated rings. The van der Waals surface area contributed by atoms with Gasteiger partial charge in [-0.1, -0.05) is 0 Å². The number of benzene rings is 2. The maximum absolute atomic E-state index is 12.1. The molecular weight excluding hydrogens is 330 g/mol. The highest BCUT2D eigenvalue weighted by Gasteiger charge is 2.12. The fraction of sp³-hybridized carbons (Fsp3) is 0.125. The van der Waals surface area contributed by atoms with Gasteiger partial charge in [0, 0.05) is 17.7 Å². The lowest BCUT2D eigenvalue weighted by Gasteiger charge is -2.12. The summed E-state index contributed by atoms with van der Waals surface area (Å²) in [5, 5.41) is 25.7. The molecular formula is C16H15N3O4S. The second kappa shape index (κ2) is 7.05. The topological polar surface area (TPSA) is 104 Å². The van der Waals surface area contributed by atoms with E-state index in [0.717, 1.165) is 11.1 Å². The molecule has 0 heterocycles. The van der Waals surface area contributed by atoms with E-state index < -0.39 is 10.8 Å². The van der Waals surface area contributed by atoms with E-state index in [-0.39, 0.29) is 22.1 Å². The van der Waals surface area contributed by atoms with Gasteiger partial charge in [0.15, 0.2) is 5.11 Å². The molecule has 0 aliphatic heterocycles. The molecule has 0 aliphatic rings. The smallest absolute Gasteiger partial charge is 0.269 e. The number of carbonyl (C=O) groups excluding carboxylic acids is 1. The number of nitro groups is 1. The van der Waals surface area contributed by atoms with Crippen LogP contribution in [0.5, 0.6) is 5.75 Å². The number of nitrogens with one attached hydrogen (secondary N) is 2. The Bertz CT molecular complexity index is 819. The predicted molar refractivity (Wildman–Crippen MR) is 94.4 cm³/mol. The highest BCUT2D eigenvalue weighted by atomic mass is 32.1. The Kier molecular flexibility index (Phi) is 5.10. The maximum Gasteiger partial charge on any atom is 0.269 e. The van der Waals surface area contributed by atoms with Gasteiger partial charge in [-0.05, 0) is 61.5 Å². The summed E-state index contributed by atoms with van der Waals surface area (Å²) in [5.74, 6) is -0.490. The van der Waals surface area contributed by atoms with Gasteiger partial charge in [0.1, 0.15) is 5.75 Å². The van der Waals surface area contributed by atoms with Crippen LogP contribution in [0.4, 0.5) is 11.4 Å². The normalized spacial score (nSPS) is 10.1. The van der Waals surface area contributed by atoms with E-state index in [2.05, 4.69) is 10.6 Å². The average Bonchev–Trinajstić information content (AvgIpc) is 2.52. The average molecular weight is 345 g/mol. The van der Waals surface area contributed by atoms with Crippen LogP contribution in [0.1, 0.15) is 21.5 Å². The number of hydrogen-bond donors (Lipinski definition) is 3. The number of carbonyl (C=O) groups is 1. The molecule has 1 amide bonds. The first-order chi connectivity index (χ1) is 11.3. The molecule has 2 aromatic carbocycles. The van der Waals surface area contributed by atoms with Crippen LogP contribution in [0.25, 0.3) is 0 Å². The Morgan fingerprint density at radius 2 is 1.75 bits per heavy atom. The number of hydrogen-bond acceptors (Lipinski definition) is 5. The fourth-order valence-corrected chi connectivity index (χ4v) is 2.17. The third-order valence-corrected chi connectivity index (χ3v) is 3.63. The first-order valence-corrected chi connectivity index (χ1v) is 7.35. The van der Waals surface area contributed by atoms with Crippen molar-refractivity contribution < 1.29 is 14.8 Å². The molecule has 0 aliphatic carbocycles. The summed E-state index contributed by atoms with van der Waals surface area (Å²) in [7, 11) is 0. The number of amides is 1. The number of phenolic OH excluding ortho intramolecular Hbond substituents is 1. The summed E-state index contributed by atoms with van der Waals surface area (Å²) in [4.78, 5) is 22.1. The Morgan fingerprint density at radius 1 is 1.17 bits per heavy atom. The second-order valence-corrected chi connectivity index (χ2v) is 5.57. The SMILES string of the molecule is Cc1cc(O)c(NC(=S)NC(=O)c2ccc([N+](=O)[O-])cc2)cc1C. The lowest BCUT2D eigenvalue weighted by atomic mass is 10.1. The number of phenols is 1. The lowest BCUT2D eigenvalue weighted by Crippen LogP contribution is -2.34. The van der Waals surface area contributed by atoms with Gasteiger partial charge in [0.05, 0.1) is 10.6 Å². The van der Waals surface area contributed by atoms with Gasteiger partial charge in [-0.15, -0.1) is 0 Å². The quantitative estimate of drug-likeness (QED) is 0.342. The number of thiocarbonyl (C=S) groups is 1. The summed E-state index contributed by atoms with van der Waals surface area (Å²) in [6.45, 7) is 3.76. The second-order valence-electron chi connectivity index (χ2n) is 5.17. The van der Waals surface area contributed by atoms with Crippen LogP contribution in [0.15, 0.2) is 36.4 Å². The van der Waals surface area contributed by atoms with E-state index in [0.29, 0.717) is 5.69 Å². The van der Waals surface area contributed by atoms with E-state index in [9.17, 15) is 20.0 Å². The number of aromatic hydroxyl groups is 1. The Labute approximate surface area is 143 Å². The van der Waals surface area contributed by atoms with Crippen molar-refractivity contribution in [1.82, 2.24) is 5.32 Å². The van der Waals surface area contributed by atoms with Gasteiger partial charge in [-0.25, -0.2) is 0 Å². The molecule has 8 heteroatoms.